The molecule has 1 aromatic heterocycles. The summed E-state index contributed by atoms with van der Waals surface area (Å²) in [6, 6.07) is 13.9. The number of hydrogen-bond donors (Lipinski definition) is 3. The summed E-state index contributed by atoms with van der Waals surface area (Å²) in [5, 5.41) is 17.6. The Balaban J connectivity index is -0.000000534. The van der Waals surface area contributed by atoms with E-state index in [0.29, 0.717) is 24.1 Å². The van der Waals surface area contributed by atoms with Crippen LogP contribution in [0, 0.1) is 27.7 Å². The Morgan fingerprint density at radius 3 is 1.35 bits per heavy atom. The highest BCUT2D eigenvalue weighted by Gasteiger charge is 2.10. The van der Waals surface area contributed by atoms with Gasteiger partial charge >= 0.3 is 24.2 Å². The fourth-order valence-corrected chi connectivity index (χ4v) is 3.16. The molecule has 0 atom stereocenters. The SMILES string of the molecule is C.CC(=O)CCC(C)=O.Cc1ccc(C(=O)O)cc1-n1c(C)ccc1C.Cc1ccc(C(=O)O)cc1N.O=C=O.O=C=O. The lowest BCUT2D eigenvalue weighted by Crippen LogP contribution is -2.04. The minimum absolute atomic E-state index is 0. The molecule has 0 amide bonds. The number of aromatic carboxylic acids is 2. The maximum Gasteiger partial charge on any atom is 0.373 e. The second-order valence-electron chi connectivity index (χ2n) is 8.71. The van der Waals surface area contributed by atoms with Gasteiger partial charge in [0.15, 0.2) is 0 Å². The Morgan fingerprint density at radius 1 is 0.674 bits per heavy atom. The monoisotopic (exact) mass is 598 g/mol. The number of carboxylic acid groups (broad SMARTS) is 2. The number of nitrogens with two attached hydrogens (primary N) is 1. The Bertz CT molecular complexity index is 1400. The van der Waals surface area contributed by atoms with E-state index in [1.165, 1.54) is 26.0 Å². The molecule has 1 heterocycles. The van der Waals surface area contributed by atoms with E-state index in [0.717, 1.165) is 28.2 Å². The average molecular weight is 599 g/mol. The van der Waals surface area contributed by atoms with Crippen LogP contribution in [0.15, 0.2) is 48.5 Å². The smallest absolute Gasteiger partial charge is 0.373 e. The fraction of sp³-hybridized carbons (Fsp3) is 0.290. The summed E-state index contributed by atoms with van der Waals surface area (Å²) in [6.07, 6.45) is 1.30. The molecule has 3 aromatic rings. The number of hydrogen-bond acceptors (Lipinski definition) is 9. The van der Waals surface area contributed by atoms with E-state index in [-0.39, 0.29) is 36.9 Å². The quantitative estimate of drug-likeness (QED) is 0.328. The first-order chi connectivity index (χ1) is 19.6. The number of benzene rings is 2. The molecular formula is C31H38N2O10. The summed E-state index contributed by atoms with van der Waals surface area (Å²) in [7, 11) is 0. The van der Waals surface area contributed by atoms with Crippen LogP contribution in [0.4, 0.5) is 5.69 Å². The third-order valence-electron chi connectivity index (χ3n) is 5.32. The van der Waals surface area contributed by atoms with Gasteiger partial charge in [0.25, 0.3) is 0 Å². The Kier molecular flexibility index (Phi) is 21.8. The molecule has 12 heteroatoms. The Hall–Kier alpha value is -5.44. The van der Waals surface area contributed by atoms with E-state index in [9.17, 15) is 19.2 Å². The third kappa shape index (κ3) is 17.1. The summed E-state index contributed by atoms with van der Waals surface area (Å²) in [5.41, 5.74) is 11.7. The average Bonchev–Trinajstić information content (AvgIpc) is 3.23. The number of Topliss-reactive ketones (excluding diaryl/α,β-unsaturated/α-hetero) is 2. The number of nitrogen functional groups attached to an aromatic ring is 1. The highest BCUT2D eigenvalue weighted by molar-refractivity contribution is 5.89. The largest absolute Gasteiger partial charge is 0.478 e. The van der Waals surface area contributed by atoms with Crippen molar-refractivity contribution < 1.29 is 48.6 Å². The van der Waals surface area contributed by atoms with E-state index < -0.39 is 11.9 Å². The lowest BCUT2D eigenvalue weighted by Gasteiger charge is -2.13. The van der Waals surface area contributed by atoms with Crippen LogP contribution < -0.4 is 5.73 Å². The summed E-state index contributed by atoms with van der Waals surface area (Å²) < 4.78 is 2.07. The third-order valence-corrected chi connectivity index (χ3v) is 5.32. The number of nitrogens with zero attached hydrogens (tertiary/aromatic N) is 1. The van der Waals surface area contributed by atoms with Crippen LogP contribution in [0.1, 0.15) is 77.3 Å². The van der Waals surface area contributed by atoms with Crippen LogP contribution in [0.5, 0.6) is 0 Å². The number of carboxylic acids is 2. The fourth-order valence-electron chi connectivity index (χ4n) is 3.16. The second kappa shape index (κ2) is 22.3. The van der Waals surface area contributed by atoms with Crippen molar-refractivity contribution >= 4 is 41.5 Å². The number of carbonyl (C=O) groups excluding carboxylic acids is 6. The molecule has 43 heavy (non-hydrogen) atoms. The van der Waals surface area contributed by atoms with Gasteiger partial charge in [-0.1, -0.05) is 19.6 Å². The van der Waals surface area contributed by atoms with Crippen LogP contribution in [0.3, 0.4) is 0 Å². The van der Waals surface area contributed by atoms with Crippen LogP contribution >= 0.6 is 0 Å². The number of anilines is 1. The first-order valence-corrected chi connectivity index (χ1v) is 12.1. The normalized spacial score (nSPS) is 8.60. The molecule has 0 spiro atoms. The predicted molar refractivity (Wildman–Crippen MR) is 157 cm³/mol. The molecule has 0 saturated carbocycles. The van der Waals surface area contributed by atoms with E-state index in [1.54, 1.807) is 18.2 Å². The van der Waals surface area contributed by atoms with Gasteiger partial charge in [0.2, 0.25) is 0 Å². The highest BCUT2D eigenvalue weighted by Crippen LogP contribution is 2.21. The number of aromatic nitrogens is 1. The zero-order valence-corrected chi connectivity index (χ0v) is 24.2. The number of carbonyl (C=O) groups is 4. The molecule has 0 aliphatic heterocycles. The van der Waals surface area contributed by atoms with Gasteiger partial charge in [-0.05, 0) is 89.1 Å². The van der Waals surface area contributed by atoms with Crippen molar-refractivity contribution in [2.24, 2.45) is 0 Å². The molecule has 3 rings (SSSR count). The van der Waals surface area contributed by atoms with Gasteiger partial charge in [-0.25, -0.2) is 9.59 Å². The van der Waals surface area contributed by atoms with Crippen molar-refractivity contribution in [3.05, 3.63) is 82.2 Å². The number of aryl methyl sites for hydroxylation is 4. The van der Waals surface area contributed by atoms with E-state index in [4.69, 9.17) is 35.1 Å². The standard InChI is InChI=1S/C14H15NO2.C8H9NO2.C6H10O2.2CO2.CH4/c1-9-4-7-12(14(16)17)8-13(9)15-10(2)5-6-11(15)3;1-5-2-3-6(8(10)11)4-7(5)9;1-5(7)3-4-6(2)8;2*2-1-3;/h4-8H,1-3H3,(H,16,17);2-4H,9H2,1H3,(H,10,11);3-4H2,1-2H3;;;1H4. The molecule has 4 N–H and O–H groups in total. The number of rotatable bonds is 6. The van der Waals surface area contributed by atoms with Gasteiger partial charge in [-0.15, -0.1) is 0 Å². The Morgan fingerprint density at radius 2 is 1.02 bits per heavy atom. The molecule has 0 aliphatic carbocycles. The first-order valence-electron chi connectivity index (χ1n) is 12.1. The minimum Gasteiger partial charge on any atom is -0.478 e. The van der Waals surface area contributed by atoms with Crippen LogP contribution in [-0.4, -0.2) is 50.6 Å². The molecule has 0 fully saturated rings. The highest BCUT2D eigenvalue weighted by atomic mass is 16.4. The molecule has 2 aromatic carbocycles. The molecule has 12 nitrogen and oxygen atoms in total. The molecule has 0 unspecified atom stereocenters. The molecule has 232 valence electrons. The Labute approximate surface area is 250 Å². The molecule has 0 saturated heterocycles. The lowest BCUT2D eigenvalue weighted by atomic mass is 10.1. The minimum atomic E-state index is -0.947. The molecule has 0 aliphatic rings. The van der Waals surface area contributed by atoms with Gasteiger partial charge in [0.1, 0.15) is 11.6 Å². The van der Waals surface area contributed by atoms with Crippen molar-refractivity contribution in [2.45, 2.75) is 61.8 Å². The van der Waals surface area contributed by atoms with Gasteiger partial charge in [0.05, 0.1) is 11.1 Å². The maximum atomic E-state index is 11.0. The summed E-state index contributed by atoms with van der Waals surface area (Å²) in [4.78, 5) is 74.3. The van der Waals surface area contributed by atoms with Gasteiger partial charge < -0.3 is 30.1 Å². The van der Waals surface area contributed by atoms with E-state index in [2.05, 4.69) is 4.57 Å². The van der Waals surface area contributed by atoms with Gasteiger partial charge in [-0.3, -0.25) is 0 Å². The van der Waals surface area contributed by atoms with Crippen LogP contribution in [0.25, 0.3) is 5.69 Å². The van der Waals surface area contributed by atoms with Gasteiger partial charge in [-0.2, -0.15) is 19.2 Å². The van der Waals surface area contributed by atoms with E-state index in [1.807, 2.05) is 45.9 Å². The molecule has 0 radical (unpaired) electrons. The van der Waals surface area contributed by atoms with Crippen molar-refractivity contribution in [3.63, 3.8) is 0 Å². The van der Waals surface area contributed by atoms with Crippen molar-refractivity contribution in [1.29, 1.82) is 0 Å². The zero-order valence-electron chi connectivity index (χ0n) is 24.2. The summed E-state index contributed by atoms with van der Waals surface area (Å²) in [6.45, 7) is 10.8. The maximum absolute atomic E-state index is 11.0. The topological polar surface area (TPSA) is 208 Å². The summed E-state index contributed by atoms with van der Waals surface area (Å²) >= 11 is 0. The second-order valence-corrected chi connectivity index (χ2v) is 8.71. The lowest BCUT2D eigenvalue weighted by molar-refractivity contribution is -0.193. The van der Waals surface area contributed by atoms with Crippen LogP contribution in [0.2, 0.25) is 0 Å². The van der Waals surface area contributed by atoms with Gasteiger partial charge in [0, 0.05) is 35.6 Å². The molecule has 0 bridgehead atoms. The van der Waals surface area contributed by atoms with Crippen LogP contribution in [-0.2, 0) is 28.8 Å². The zero-order chi connectivity index (χ0) is 33.0. The summed E-state index contributed by atoms with van der Waals surface area (Å²) in [5.74, 6) is -1.68. The molecular weight excluding hydrogens is 560 g/mol. The number of ketones is 2. The van der Waals surface area contributed by atoms with Crippen molar-refractivity contribution in [3.8, 4) is 5.69 Å². The first kappa shape index (κ1) is 42.0. The van der Waals surface area contributed by atoms with E-state index >= 15 is 0 Å². The van der Waals surface area contributed by atoms with Crippen molar-refractivity contribution in [1.82, 2.24) is 4.57 Å². The van der Waals surface area contributed by atoms with Crippen molar-refractivity contribution in [2.75, 3.05) is 5.73 Å². The predicted octanol–water partition coefficient (Wildman–Crippen LogP) is 4.79.